The maximum absolute atomic E-state index is 12.9. The zero-order valence-electron chi connectivity index (χ0n) is 16.6. The van der Waals surface area contributed by atoms with Crippen molar-refractivity contribution in [1.29, 1.82) is 0 Å². The summed E-state index contributed by atoms with van der Waals surface area (Å²) in [5.41, 5.74) is 0.648. The zero-order chi connectivity index (χ0) is 21.2. The topological polar surface area (TPSA) is 99.9 Å². The normalized spacial score (nSPS) is 18.2. The van der Waals surface area contributed by atoms with Crippen LogP contribution in [-0.2, 0) is 21.5 Å². The minimum Gasteiger partial charge on any atom is -0.337 e. The predicted molar refractivity (Wildman–Crippen MR) is 108 cm³/mol. The molecule has 0 radical (unpaired) electrons. The maximum Gasteiger partial charge on any atom is 0.281 e. The van der Waals surface area contributed by atoms with E-state index in [1.165, 1.54) is 23.3 Å². The van der Waals surface area contributed by atoms with Gasteiger partial charge in [-0.1, -0.05) is 28.9 Å². The highest BCUT2D eigenvalue weighted by Gasteiger charge is 2.34. The minimum absolute atomic E-state index is 0.132. The van der Waals surface area contributed by atoms with E-state index >= 15 is 0 Å². The van der Waals surface area contributed by atoms with Crippen LogP contribution in [0, 0.1) is 5.92 Å². The number of hydrogen-bond donors (Lipinski definition) is 0. The van der Waals surface area contributed by atoms with Crippen LogP contribution in [-0.4, -0.2) is 72.2 Å². The summed E-state index contributed by atoms with van der Waals surface area (Å²) < 4.78 is 32.5. The molecule has 0 N–H and O–H groups in total. The lowest BCUT2D eigenvalue weighted by Gasteiger charge is -2.34. The van der Waals surface area contributed by atoms with Gasteiger partial charge in [-0.15, -0.1) is 0 Å². The molecule has 0 bridgehead atoms. The number of carbonyl (C=O) groups excluding carboxylic acids is 1. The van der Waals surface area contributed by atoms with Crippen molar-refractivity contribution in [3.05, 3.63) is 35.2 Å². The van der Waals surface area contributed by atoms with E-state index in [0.717, 1.165) is 4.31 Å². The Balaban J connectivity index is 1.66. The summed E-state index contributed by atoms with van der Waals surface area (Å²) in [4.78, 5) is 18.7. The molecule has 9 nitrogen and oxygen atoms in total. The molecule has 0 spiro atoms. The third-order valence-electron chi connectivity index (χ3n) is 4.85. The van der Waals surface area contributed by atoms with Crippen LogP contribution in [0.1, 0.15) is 18.7 Å². The van der Waals surface area contributed by atoms with Crippen LogP contribution in [0.25, 0.3) is 11.4 Å². The Kier molecular flexibility index (Phi) is 6.57. The quantitative estimate of drug-likeness (QED) is 0.678. The molecular weight excluding hydrogens is 418 g/mol. The third kappa shape index (κ3) is 4.77. The van der Waals surface area contributed by atoms with Gasteiger partial charge in [0.05, 0.1) is 17.5 Å². The Bertz CT molecular complexity index is 978. The Morgan fingerprint density at radius 3 is 2.72 bits per heavy atom. The van der Waals surface area contributed by atoms with Gasteiger partial charge in [0.25, 0.3) is 10.2 Å². The van der Waals surface area contributed by atoms with Crippen LogP contribution in [0.3, 0.4) is 0 Å². The van der Waals surface area contributed by atoms with E-state index in [2.05, 4.69) is 10.1 Å². The van der Waals surface area contributed by atoms with E-state index < -0.39 is 16.1 Å². The standard InChI is InChI=1S/C18H24ClN5O4S/c1-22(2)29(26,27)24-10-6-7-13(11-24)18(25)23(3)12-16-20-17(21-28-16)14-8-4-5-9-15(14)19/h4-5,8-9,13H,6-7,10-12H2,1-3H3. The van der Waals surface area contributed by atoms with Gasteiger partial charge in [0.1, 0.15) is 0 Å². The van der Waals surface area contributed by atoms with Crippen molar-refractivity contribution >= 4 is 27.7 Å². The van der Waals surface area contributed by atoms with Gasteiger partial charge in [-0.2, -0.15) is 22.0 Å². The fraction of sp³-hybridized carbons (Fsp3) is 0.500. The molecule has 1 aromatic carbocycles. The maximum atomic E-state index is 12.9. The zero-order valence-corrected chi connectivity index (χ0v) is 18.1. The first-order valence-electron chi connectivity index (χ1n) is 9.20. The Hall–Kier alpha value is -2.01. The van der Waals surface area contributed by atoms with Crippen LogP contribution in [0.15, 0.2) is 28.8 Å². The van der Waals surface area contributed by atoms with E-state index in [9.17, 15) is 13.2 Å². The third-order valence-corrected chi connectivity index (χ3v) is 7.09. The Labute approximate surface area is 175 Å². The van der Waals surface area contributed by atoms with Crippen LogP contribution in [0.4, 0.5) is 0 Å². The molecule has 1 atom stereocenters. The fourth-order valence-electron chi connectivity index (χ4n) is 3.25. The summed E-state index contributed by atoms with van der Waals surface area (Å²) in [6.45, 7) is 0.713. The smallest absolute Gasteiger partial charge is 0.281 e. The highest BCUT2D eigenvalue weighted by atomic mass is 35.5. The van der Waals surface area contributed by atoms with Crippen molar-refractivity contribution in [3.63, 3.8) is 0 Å². The van der Waals surface area contributed by atoms with Crippen LogP contribution in [0.2, 0.25) is 5.02 Å². The number of nitrogens with zero attached hydrogens (tertiary/aromatic N) is 5. The summed E-state index contributed by atoms with van der Waals surface area (Å²) in [5, 5.41) is 4.44. The van der Waals surface area contributed by atoms with Gasteiger partial charge in [0, 0.05) is 39.8 Å². The van der Waals surface area contributed by atoms with Gasteiger partial charge in [-0.3, -0.25) is 4.79 Å². The van der Waals surface area contributed by atoms with Crippen molar-refractivity contribution in [2.24, 2.45) is 5.92 Å². The molecule has 158 valence electrons. The molecule has 11 heteroatoms. The molecule has 0 saturated carbocycles. The molecule has 1 fully saturated rings. The molecule has 1 aliphatic heterocycles. The lowest BCUT2D eigenvalue weighted by atomic mass is 9.98. The van der Waals surface area contributed by atoms with Crippen LogP contribution < -0.4 is 0 Å². The van der Waals surface area contributed by atoms with Crippen molar-refractivity contribution in [2.45, 2.75) is 19.4 Å². The molecular formula is C18H24ClN5O4S. The second-order valence-corrected chi connectivity index (χ2v) is 9.72. The number of aromatic nitrogens is 2. The molecule has 29 heavy (non-hydrogen) atoms. The lowest BCUT2D eigenvalue weighted by Crippen LogP contribution is -2.49. The molecule has 3 rings (SSSR count). The van der Waals surface area contributed by atoms with Gasteiger partial charge in [-0.25, -0.2) is 0 Å². The Morgan fingerprint density at radius 2 is 2.03 bits per heavy atom. The number of carbonyl (C=O) groups is 1. The molecule has 1 amide bonds. The summed E-state index contributed by atoms with van der Waals surface area (Å²) in [6.07, 6.45) is 1.27. The van der Waals surface area contributed by atoms with Crippen molar-refractivity contribution in [3.8, 4) is 11.4 Å². The molecule has 2 aromatic rings. The van der Waals surface area contributed by atoms with E-state index in [1.807, 2.05) is 12.1 Å². The van der Waals surface area contributed by atoms with Crippen molar-refractivity contribution < 1.29 is 17.7 Å². The van der Waals surface area contributed by atoms with Crippen LogP contribution in [0.5, 0.6) is 0 Å². The second kappa shape index (κ2) is 8.78. The number of hydrogen-bond acceptors (Lipinski definition) is 6. The average molecular weight is 442 g/mol. The summed E-state index contributed by atoms with van der Waals surface area (Å²) in [5.74, 6) is 0.0762. The average Bonchev–Trinajstić information content (AvgIpc) is 3.15. The molecule has 2 heterocycles. The van der Waals surface area contributed by atoms with Crippen molar-refractivity contribution in [2.75, 3.05) is 34.2 Å². The molecule has 0 aliphatic carbocycles. The number of benzene rings is 1. The predicted octanol–water partition coefficient (Wildman–Crippen LogP) is 1.87. The summed E-state index contributed by atoms with van der Waals surface area (Å²) in [7, 11) is 1.07. The number of amides is 1. The molecule has 1 unspecified atom stereocenters. The number of halogens is 1. The van der Waals surface area contributed by atoms with Crippen LogP contribution >= 0.6 is 11.6 Å². The number of rotatable bonds is 6. The highest BCUT2D eigenvalue weighted by Crippen LogP contribution is 2.26. The largest absolute Gasteiger partial charge is 0.337 e. The summed E-state index contributed by atoms with van der Waals surface area (Å²) >= 11 is 6.16. The van der Waals surface area contributed by atoms with E-state index in [0.29, 0.717) is 35.8 Å². The first-order chi connectivity index (χ1) is 13.7. The highest BCUT2D eigenvalue weighted by molar-refractivity contribution is 7.86. The Morgan fingerprint density at radius 1 is 1.31 bits per heavy atom. The van der Waals surface area contributed by atoms with E-state index in [-0.39, 0.29) is 24.9 Å². The van der Waals surface area contributed by atoms with Gasteiger partial charge >= 0.3 is 0 Å². The first-order valence-corrected chi connectivity index (χ1v) is 11.0. The van der Waals surface area contributed by atoms with Gasteiger partial charge in [0.2, 0.25) is 17.6 Å². The SMILES string of the molecule is CN(Cc1nc(-c2ccccc2Cl)no1)C(=O)C1CCCN(S(=O)(=O)N(C)C)C1. The summed E-state index contributed by atoms with van der Waals surface area (Å²) in [6, 6.07) is 7.15. The molecule has 1 aliphatic rings. The van der Waals surface area contributed by atoms with Gasteiger partial charge < -0.3 is 9.42 Å². The van der Waals surface area contributed by atoms with E-state index in [4.69, 9.17) is 16.1 Å². The van der Waals surface area contributed by atoms with E-state index in [1.54, 1.807) is 19.2 Å². The van der Waals surface area contributed by atoms with Gasteiger partial charge in [0.15, 0.2) is 0 Å². The fourth-order valence-corrected chi connectivity index (χ4v) is 4.66. The van der Waals surface area contributed by atoms with Gasteiger partial charge in [-0.05, 0) is 25.0 Å². The number of piperidine rings is 1. The minimum atomic E-state index is -3.54. The van der Waals surface area contributed by atoms with Crippen molar-refractivity contribution in [1.82, 2.24) is 23.7 Å². The monoisotopic (exact) mass is 441 g/mol. The second-order valence-electron chi connectivity index (χ2n) is 7.17. The molecule has 1 saturated heterocycles. The lowest BCUT2D eigenvalue weighted by molar-refractivity contribution is -0.136. The first kappa shape index (κ1) is 21.7. The molecule has 1 aromatic heterocycles.